The third kappa shape index (κ3) is 4.80. The molecule has 0 bridgehead atoms. The second-order valence-electron chi connectivity index (χ2n) is 9.77. The molecule has 1 nitrogen and oxygen atoms in total. The van der Waals surface area contributed by atoms with Crippen LogP contribution in [0.2, 0.25) is 44.3 Å². The summed E-state index contributed by atoms with van der Waals surface area (Å²) in [6, 6.07) is 10.9. The van der Waals surface area contributed by atoms with Gasteiger partial charge in [-0.15, -0.1) is 0 Å². The van der Waals surface area contributed by atoms with Gasteiger partial charge in [0.15, 0.2) is 8.32 Å². The van der Waals surface area contributed by atoms with Crippen molar-refractivity contribution in [3.8, 4) is 0 Å². The van der Waals surface area contributed by atoms with Crippen LogP contribution in [-0.2, 0) is 10.8 Å². The molecule has 0 saturated carbocycles. The first kappa shape index (κ1) is 20.7. The quantitative estimate of drug-likeness (QED) is 0.504. The topological polar surface area (TPSA) is 9.23 Å². The van der Waals surface area contributed by atoms with E-state index >= 15 is 0 Å². The van der Waals surface area contributed by atoms with Gasteiger partial charge in [-0.25, -0.2) is 0 Å². The lowest BCUT2D eigenvalue weighted by atomic mass is 9.78. The van der Waals surface area contributed by atoms with Crippen LogP contribution in [0.25, 0.3) is 0 Å². The second-order valence-corrected chi connectivity index (χ2v) is 19.7. The Morgan fingerprint density at radius 3 is 1.78 bits per heavy atom. The average molecular weight is 351 g/mol. The van der Waals surface area contributed by atoms with Crippen LogP contribution in [0.15, 0.2) is 30.3 Å². The van der Waals surface area contributed by atoms with Gasteiger partial charge in [0.1, 0.15) is 0 Å². The maximum absolute atomic E-state index is 6.75. The summed E-state index contributed by atoms with van der Waals surface area (Å²) in [7, 11) is -3.06. The molecular weight excluding hydrogens is 312 g/mol. The van der Waals surface area contributed by atoms with E-state index < -0.39 is 16.4 Å². The van der Waals surface area contributed by atoms with Gasteiger partial charge in [0, 0.05) is 0 Å². The van der Waals surface area contributed by atoms with Gasteiger partial charge in [-0.1, -0.05) is 63.8 Å². The molecular formula is C20H38OSi2. The van der Waals surface area contributed by atoms with Gasteiger partial charge in [0.05, 0.1) is 13.7 Å². The molecule has 0 heterocycles. The predicted octanol–water partition coefficient (Wildman–Crippen LogP) is 6.59. The van der Waals surface area contributed by atoms with Crippen molar-refractivity contribution in [3.63, 3.8) is 0 Å². The fourth-order valence-electron chi connectivity index (χ4n) is 4.28. The smallest absolute Gasteiger partial charge is 0.184 e. The third-order valence-electron chi connectivity index (χ3n) is 5.74. The highest BCUT2D eigenvalue weighted by molar-refractivity contribution is 6.79. The lowest BCUT2D eigenvalue weighted by molar-refractivity contribution is 0.0256. The molecule has 132 valence electrons. The van der Waals surface area contributed by atoms with E-state index in [1.807, 2.05) is 0 Å². The van der Waals surface area contributed by atoms with E-state index in [-0.39, 0.29) is 10.6 Å². The molecule has 0 aliphatic heterocycles. The Kier molecular flexibility index (Phi) is 6.15. The Balaban J connectivity index is 3.21. The summed E-state index contributed by atoms with van der Waals surface area (Å²) in [6.07, 6.45) is 1.13. The van der Waals surface area contributed by atoms with Crippen LogP contribution in [0.3, 0.4) is 0 Å². The van der Waals surface area contributed by atoms with Crippen LogP contribution in [0, 0.1) is 5.92 Å². The zero-order valence-corrected chi connectivity index (χ0v) is 19.1. The Labute approximate surface area is 147 Å². The second kappa shape index (κ2) is 6.85. The Morgan fingerprint density at radius 2 is 1.39 bits per heavy atom. The normalized spacial score (nSPS) is 17.7. The van der Waals surface area contributed by atoms with Gasteiger partial charge in [-0.05, 0) is 56.4 Å². The van der Waals surface area contributed by atoms with Crippen molar-refractivity contribution >= 4 is 16.4 Å². The predicted molar refractivity (Wildman–Crippen MR) is 110 cm³/mol. The van der Waals surface area contributed by atoms with Crippen LogP contribution in [-0.4, -0.2) is 22.0 Å². The Bertz CT molecular complexity index is 497. The molecule has 0 radical (unpaired) electrons. The van der Waals surface area contributed by atoms with Gasteiger partial charge in [0.2, 0.25) is 0 Å². The number of benzene rings is 1. The molecule has 0 spiro atoms. The molecule has 2 unspecified atom stereocenters. The van der Waals surface area contributed by atoms with E-state index in [9.17, 15) is 0 Å². The molecule has 0 saturated heterocycles. The maximum Gasteiger partial charge on any atom is 0.184 e. The minimum absolute atomic E-state index is 0.101. The molecule has 0 fully saturated rings. The minimum atomic E-state index is -1.60. The summed E-state index contributed by atoms with van der Waals surface area (Å²) in [6.45, 7) is 24.0. The lowest BCUT2D eigenvalue weighted by Gasteiger charge is -2.57. The average Bonchev–Trinajstić information content (AvgIpc) is 2.34. The molecule has 1 aromatic rings. The highest BCUT2D eigenvalue weighted by Crippen LogP contribution is 2.56. The SMILES string of the molecule is CC(Cc1ccccc1)C(C)(C(C)(C)O[Si](C)(C)C)[Si](C)(C)C. The number of hydrogen-bond acceptors (Lipinski definition) is 1. The highest BCUT2D eigenvalue weighted by Gasteiger charge is 2.54. The summed E-state index contributed by atoms with van der Waals surface area (Å²) < 4.78 is 6.75. The van der Waals surface area contributed by atoms with Crippen LogP contribution in [0.5, 0.6) is 0 Å². The van der Waals surface area contributed by atoms with Crippen molar-refractivity contribution in [2.75, 3.05) is 0 Å². The summed E-state index contributed by atoms with van der Waals surface area (Å²) >= 11 is 0. The van der Waals surface area contributed by atoms with E-state index in [1.165, 1.54) is 5.56 Å². The zero-order valence-electron chi connectivity index (χ0n) is 17.1. The van der Waals surface area contributed by atoms with E-state index in [0.717, 1.165) is 6.42 Å². The highest BCUT2D eigenvalue weighted by atomic mass is 28.4. The van der Waals surface area contributed by atoms with Gasteiger partial charge in [-0.3, -0.25) is 0 Å². The minimum Gasteiger partial charge on any atom is -0.412 e. The molecule has 3 heteroatoms. The van der Waals surface area contributed by atoms with Gasteiger partial charge in [0.25, 0.3) is 0 Å². The van der Waals surface area contributed by atoms with Crippen LogP contribution in [0.1, 0.15) is 33.3 Å². The van der Waals surface area contributed by atoms with Crippen LogP contribution < -0.4 is 0 Å². The zero-order chi connectivity index (χ0) is 18.1. The van der Waals surface area contributed by atoms with Crippen molar-refractivity contribution in [3.05, 3.63) is 35.9 Å². The molecule has 0 aromatic heterocycles. The van der Waals surface area contributed by atoms with Gasteiger partial charge < -0.3 is 4.43 Å². The Hall–Kier alpha value is -0.386. The van der Waals surface area contributed by atoms with E-state index in [4.69, 9.17) is 4.43 Å². The monoisotopic (exact) mass is 350 g/mol. The Morgan fingerprint density at radius 1 is 0.913 bits per heavy atom. The van der Waals surface area contributed by atoms with Crippen molar-refractivity contribution in [2.24, 2.45) is 5.92 Å². The van der Waals surface area contributed by atoms with Crippen molar-refractivity contribution in [1.29, 1.82) is 0 Å². The largest absolute Gasteiger partial charge is 0.412 e. The molecule has 1 rings (SSSR count). The first-order chi connectivity index (χ1) is 10.2. The van der Waals surface area contributed by atoms with Crippen molar-refractivity contribution in [1.82, 2.24) is 0 Å². The van der Waals surface area contributed by atoms with E-state index in [2.05, 4.69) is 97.3 Å². The molecule has 2 atom stereocenters. The summed E-state index contributed by atoms with van der Waals surface area (Å²) in [5.74, 6) is 0.586. The summed E-state index contributed by atoms with van der Waals surface area (Å²) in [4.78, 5) is 0. The first-order valence-corrected chi connectivity index (χ1v) is 15.9. The van der Waals surface area contributed by atoms with E-state index in [0.29, 0.717) is 5.92 Å². The van der Waals surface area contributed by atoms with E-state index in [1.54, 1.807) is 0 Å². The fraction of sp³-hybridized carbons (Fsp3) is 0.700. The van der Waals surface area contributed by atoms with Crippen LogP contribution in [0.4, 0.5) is 0 Å². The van der Waals surface area contributed by atoms with Crippen molar-refractivity contribution < 1.29 is 4.43 Å². The fourth-order valence-corrected chi connectivity index (χ4v) is 9.56. The molecule has 0 aliphatic rings. The molecule has 23 heavy (non-hydrogen) atoms. The first-order valence-electron chi connectivity index (χ1n) is 8.95. The molecule has 0 N–H and O–H groups in total. The van der Waals surface area contributed by atoms with Crippen molar-refractivity contribution in [2.45, 2.75) is 84.0 Å². The van der Waals surface area contributed by atoms with Crippen LogP contribution >= 0.6 is 0 Å². The lowest BCUT2D eigenvalue weighted by Crippen LogP contribution is -2.58. The molecule has 0 aliphatic carbocycles. The van der Waals surface area contributed by atoms with Gasteiger partial charge >= 0.3 is 0 Å². The molecule has 0 amide bonds. The third-order valence-corrected chi connectivity index (χ3v) is 11.1. The standard InChI is InChI=1S/C20H38OSi2/c1-17(16-18-14-12-11-13-15-18)20(4,22(5,6)7)19(2,3)21-23(8,9)10/h11-15,17H,16H2,1-10H3. The number of hydrogen-bond donors (Lipinski definition) is 0. The summed E-state index contributed by atoms with van der Waals surface area (Å²) in [5, 5.41) is 0.204. The summed E-state index contributed by atoms with van der Waals surface area (Å²) in [5.41, 5.74) is 1.34. The maximum atomic E-state index is 6.75. The number of rotatable bonds is 7. The molecule has 1 aromatic carbocycles. The van der Waals surface area contributed by atoms with Gasteiger partial charge in [-0.2, -0.15) is 0 Å².